The highest BCUT2D eigenvalue weighted by Gasteiger charge is 2.20. The van der Waals surface area contributed by atoms with Gasteiger partial charge in [-0.15, -0.1) is 12.4 Å². The molecule has 0 amide bonds. The Morgan fingerprint density at radius 1 is 0.837 bits per heavy atom. The lowest BCUT2D eigenvalue weighted by Crippen LogP contribution is -2.34. The van der Waals surface area contributed by atoms with E-state index in [1.54, 1.807) is 0 Å². The first kappa shape index (κ1) is 31.3. The highest BCUT2D eigenvalue weighted by molar-refractivity contribution is 9.10. The van der Waals surface area contributed by atoms with Crippen molar-refractivity contribution in [2.45, 2.75) is 57.6 Å². The van der Waals surface area contributed by atoms with Crippen molar-refractivity contribution < 1.29 is 19.2 Å². The van der Waals surface area contributed by atoms with Gasteiger partial charge in [0.2, 0.25) is 0 Å². The third-order valence-electron chi connectivity index (χ3n) is 7.65. The first-order valence-corrected chi connectivity index (χ1v) is 15.2. The fourth-order valence-electron chi connectivity index (χ4n) is 5.26. The van der Waals surface area contributed by atoms with Crippen molar-refractivity contribution in [1.29, 1.82) is 0 Å². The van der Waals surface area contributed by atoms with Gasteiger partial charge in [0.25, 0.3) is 0 Å². The Morgan fingerprint density at radius 2 is 1.60 bits per heavy atom. The summed E-state index contributed by atoms with van der Waals surface area (Å²) in [4.78, 5) is 0. The number of aromatic nitrogens is 2. The molecular formula is C33H32BrCl2N3O4. The van der Waals surface area contributed by atoms with E-state index in [-0.39, 0.29) is 18.5 Å². The fraction of sp³-hybridized carbons (Fsp3) is 0.273. The highest BCUT2D eigenvalue weighted by Crippen LogP contribution is 2.36. The van der Waals surface area contributed by atoms with Crippen LogP contribution in [0.3, 0.4) is 0 Å². The van der Waals surface area contributed by atoms with Crippen molar-refractivity contribution in [2.75, 3.05) is 0 Å². The summed E-state index contributed by atoms with van der Waals surface area (Å²) in [6, 6.07) is 26.2. The molecule has 43 heavy (non-hydrogen) atoms. The van der Waals surface area contributed by atoms with E-state index < -0.39 is 0 Å². The Morgan fingerprint density at radius 3 is 2.42 bits per heavy atom. The Bertz CT molecular complexity index is 1660. The molecule has 0 unspecified atom stereocenters. The molecule has 10 heteroatoms. The summed E-state index contributed by atoms with van der Waals surface area (Å²) in [6.07, 6.45) is 3.31. The molecule has 0 bridgehead atoms. The lowest BCUT2D eigenvalue weighted by Gasteiger charge is -2.26. The van der Waals surface area contributed by atoms with Crippen LogP contribution in [-0.2, 0) is 19.8 Å². The van der Waals surface area contributed by atoms with E-state index in [4.69, 9.17) is 25.7 Å². The van der Waals surface area contributed by atoms with Crippen molar-refractivity contribution in [1.82, 2.24) is 15.6 Å². The number of aliphatic hydroxyl groups excluding tert-OH is 1. The predicted octanol–water partition coefficient (Wildman–Crippen LogP) is 8.28. The zero-order chi connectivity index (χ0) is 28.9. The van der Waals surface area contributed by atoms with Crippen molar-refractivity contribution in [2.24, 2.45) is 0 Å². The van der Waals surface area contributed by atoms with E-state index >= 15 is 0 Å². The van der Waals surface area contributed by atoms with Crippen LogP contribution in [0, 0.1) is 0 Å². The van der Waals surface area contributed by atoms with E-state index in [0.717, 1.165) is 58.0 Å². The lowest BCUT2D eigenvalue weighted by atomic mass is 9.93. The van der Waals surface area contributed by atoms with Gasteiger partial charge in [-0.2, -0.15) is 0 Å². The summed E-state index contributed by atoms with van der Waals surface area (Å²) >= 11 is 10.6. The number of benzene rings is 4. The number of rotatable bonds is 10. The van der Waals surface area contributed by atoms with E-state index in [9.17, 15) is 5.11 Å². The van der Waals surface area contributed by atoms with Crippen LogP contribution < -0.4 is 14.8 Å². The van der Waals surface area contributed by atoms with Crippen LogP contribution in [-0.4, -0.2) is 27.6 Å². The second-order valence-electron chi connectivity index (χ2n) is 10.6. The summed E-state index contributed by atoms with van der Waals surface area (Å²) in [6.45, 7) is 1.25. The Hall–Kier alpha value is -3.14. The van der Waals surface area contributed by atoms with Crippen LogP contribution in [0.2, 0.25) is 5.02 Å². The van der Waals surface area contributed by atoms with Crippen LogP contribution >= 0.6 is 39.9 Å². The summed E-state index contributed by atoms with van der Waals surface area (Å²) in [5, 5.41) is 21.8. The maximum absolute atomic E-state index is 9.88. The van der Waals surface area contributed by atoms with Gasteiger partial charge >= 0.3 is 0 Å². The molecule has 2 N–H and O–H groups in total. The second-order valence-corrected chi connectivity index (χ2v) is 11.8. The molecular weight excluding hydrogens is 653 g/mol. The monoisotopic (exact) mass is 683 g/mol. The van der Waals surface area contributed by atoms with Gasteiger partial charge in [0.15, 0.2) is 0 Å². The van der Waals surface area contributed by atoms with Crippen LogP contribution in [0.15, 0.2) is 88.0 Å². The molecule has 0 atom stereocenters. The number of hydrogen-bond donors (Lipinski definition) is 2. The summed E-state index contributed by atoms with van der Waals surface area (Å²) in [5.74, 6) is 1.23. The molecule has 224 valence electrons. The molecule has 0 radical (unpaired) electrons. The smallest absolute Gasteiger partial charge is 0.142 e. The Labute approximate surface area is 270 Å². The number of hydrogen-bond acceptors (Lipinski definition) is 7. The van der Waals surface area contributed by atoms with Crippen LogP contribution in [0.5, 0.6) is 11.5 Å². The third kappa shape index (κ3) is 7.69. The van der Waals surface area contributed by atoms with Crippen molar-refractivity contribution >= 4 is 51.0 Å². The second kappa shape index (κ2) is 14.6. The minimum absolute atomic E-state index is 0. The first-order chi connectivity index (χ1) is 20.5. The molecule has 6 rings (SSSR count). The molecule has 1 saturated carbocycles. The number of nitrogens with zero attached hydrogens (tertiary/aromatic N) is 2. The van der Waals surface area contributed by atoms with Crippen LogP contribution in [0.25, 0.3) is 22.2 Å². The quantitative estimate of drug-likeness (QED) is 0.153. The molecule has 1 heterocycles. The average Bonchev–Trinajstić information content (AvgIpc) is 3.49. The largest absolute Gasteiger partial charge is 0.488 e. The number of nitrogens with one attached hydrogen (secondary N) is 1. The van der Waals surface area contributed by atoms with E-state index in [2.05, 4.69) is 49.8 Å². The van der Waals surface area contributed by atoms with Gasteiger partial charge in [-0.05, 0) is 86.8 Å². The lowest BCUT2D eigenvalue weighted by molar-refractivity contribution is 0.116. The van der Waals surface area contributed by atoms with Crippen LogP contribution in [0.1, 0.15) is 42.4 Å². The molecule has 0 spiro atoms. The topological polar surface area (TPSA) is 89.6 Å². The molecule has 7 nitrogen and oxygen atoms in total. The number of aliphatic hydroxyl groups is 1. The van der Waals surface area contributed by atoms with Gasteiger partial charge in [-0.1, -0.05) is 66.2 Å². The first-order valence-electron chi connectivity index (χ1n) is 14.1. The number of fused-ring (bicyclic) bond motifs is 1. The van der Waals surface area contributed by atoms with E-state index in [1.807, 2.05) is 60.7 Å². The van der Waals surface area contributed by atoms with E-state index in [0.29, 0.717) is 53.4 Å². The normalized spacial score (nSPS) is 16.5. The maximum Gasteiger partial charge on any atom is 0.142 e. The summed E-state index contributed by atoms with van der Waals surface area (Å²) < 4.78 is 18.4. The van der Waals surface area contributed by atoms with Crippen molar-refractivity contribution in [3.63, 3.8) is 0 Å². The van der Waals surface area contributed by atoms with Gasteiger partial charge in [0, 0.05) is 34.3 Å². The molecule has 4 aromatic carbocycles. The molecule has 5 aromatic rings. The van der Waals surface area contributed by atoms with Crippen molar-refractivity contribution in [3.05, 3.63) is 105 Å². The maximum atomic E-state index is 9.88. The standard InChI is InChI=1S/C33H31BrClN3O4.ClH/c34-33-23(7-4-8-27(33)22-5-2-1-3-6-22)20-41-32-17-31(40-19-21-9-14-29-30(15-21)38-42-37-29)24(16-28(32)35)18-36-25-10-12-26(39)13-11-25;/h1-9,14-17,25-26,36,39H,10-13,18-20H2;1H. The van der Waals surface area contributed by atoms with Gasteiger partial charge in [0.05, 0.1) is 11.1 Å². The van der Waals surface area contributed by atoms with Crippen LogP contribution in [0.4, 0.5) is 0 Å². The molecule has 1 aliphatic rings. The zero-order valence-electron chi connectivity index (χ0n) is 23.3. The van der Waals surface area contributed by atoms with Gasteiger partial charge < -0.3 is 19.9 Å². The fourth-order valence-corrected chi connectivity index (χ4v) is 6.11. The molecule has 1 aliphatic carbocycles. The molecule has 0 aliphatic heterocycles. The van der Waals surface area contributed by atoms with Gasteiger partial charge in [-0.25, -0.2) is 4.63 Å². The highest BCUT2D eigenvalue weighted by atomic mass is 79.9. The van der Waals surface area contributed by atoms with E-state index in [1.165, 1.54) is 0 Å². The Balaban J connectivity index is 0.00000368. The molecule has 1 aromatic heterocycles. The minimum atomic E-state index is -0.196. The molecule has 1 fully saturated rings. The Kier molecular flexibility index (Phi) is 10.6. The van der Waals surface area contributed by atoms with Gasteiger partial charge in [0.1, 0.15) is 35.7 Å². The van der Waals surface area contributed by atoms with Crippen molar-refractivity contribution in [3.8, 4) is 22.6 Å². The van der Waals surface area contributed by atoms with Gasteiger partial charge in [-0.3, -0.25) is 0 Å². The minimum Gasteiger partial charge on any atom is -0.488 e. The average molecular weight is 685 g/mol. The molecule has 0 saturated heterocycles. The number of ether oxygens (including phenoxy) is 2. The summed E-state index contributed by atoms with van der Waals surface area (Å²) in [5.41, 5.74) is 6.50. The zero-order valence-corrected chi connectivity index (χ0v) is 26.5. The predicted molar refractivity (Wildman–Crippen MR) is 174 cm³/mol. The summed E-state index contributed by atoms with van der Waals surface area (Å²) in [7, 11) is 0. The third-order valence-corrected chi connectivity index (χ3v) is 8.88. The SMILES string of the molecule is Cl.OC1CCC(NCc2cc(Cl)c(OCc3cccc(-c4ccccc4)c3Br)cc2OCc2ccc3nonc3c2)CC1. The number of halogens is 3.